The molecule has 19 heavy (non-hydrogen) atoms. The third-order valence-corrected chi connectivity index (χ3v) is 2.32. The third-order valence-electron chi connectivity index (χ3n) is 2.32. The highest BCUT2D eigenvalue weighted by Gasteiger charge is 2.14. The molecular formula is C11H9F2N3O3. The van der Waals surface area contributed by atoms with E-state index in [-0.39, 0.29) is 5.75 Å². The maximum atomic E-state index is 12.3. The van der Waals surface area contributed by atoms with Gasteiger partial charge < -0.3 is 9.84 Å². The predicted molar refractivity (Wildman–Crippen MR) is 61.8 cm³/mol. The summed E-state index contributed by atoms with van der Waals surface area (Å²) in [6.45, 7) is -2.99. The number of fused-ring (bicyclic) bond motifs is 1. The van der Waals surface area contributed by atoms with Gasteiger partial charge in [0.1, 0.15) is 11.0 Å². The monoisotopic (exact) mass is 269 g/mol. The van der Waals surface area contributed by atoms with Crippen LogP contribution >= 0.6 is 0 Å². The number of halogens is 2. The van der Waals surface area contributed by atoms with Gasteiger partial charge in [0.2, 0.25) is 0 Å². The molecule has 0 atom stereocenters. The van der Waals surface area contributed by atoms with Crippen LogP contribution in [-0.4, -0.2) is 32.7 Å². The van der Waals surface area contributed by atoms with Gasteiger partial charge in [-0.25, -0.2) is 9.48 Å². The van der Waals surface area contributed by atoms with Crippen LogP contribution in [0.4, 0.5) is 8.78 Å². The van der Waals surface area contributed by atoms with Gasteiger partial charge in [0.15, 0.2) is 5.75 Å². The van der Waals surface area contributed by atoms with E-state index in [4.69, 9.17) is 5.11 Å². The van der Waals surface area contributed by atoms with Gasteiger partial charge in [-0.3, -0.25) is 0 Å². The Kier molecular flexibility index (Phi) is 3.41. The summed E-state index contributed by atoms with van der Waals surface area (Å²) in [5.74, 6) is -1.25. The zero-order valence-corrected chi connectivity index (χ0v) is 9.75. The molecule has 0 unspecified atom stereocenters. The molecule has 6 nitrogen and oxygen atoms in total. The van der Waals surface area contributed by atoms with Crippen LogP contribution < -0.4 is 4.74 Å². The molecule has 0 bridgehead atoms. The number of carboxylic acids is 1. The summed E-state index contributed by atoms with van der Waals surface area (Å²) in [5.41, 5.74) is 1.03. The molecule has 2 aromatic rings. The molecule has 0 aliphatic carbocycles. The third kappa shape index (κ3) is 2.84. The molecule has 0 aliphatic rings. The lowest BCUT2D eigenvalue weighted by Crippen LogP contribution is -2.04. The van der Waals surface area contributed by atoms with E-state index in [9.17, 15) is 13.6 Å². The van der Waals surface area contributed by atoms with Gasteiger partial charge in [-0.05, 0) is 23.8 Å². The number of hydrogen-bond donors (Lipinski definition) is 1. The summed E-state index contributed by atoms with van der Waals surface area (Å²) in [6.07, 6.45) is 2.15. The number of rotatable bonds is 4. The van der Waals surface area contributed by atoms with E-state index in [0.717, 1.165) is 6.08 Å². The van der Waals surface area contributed by atoms with Crippen LogP contribution in [0.25, 0.3) is 17.1 Å². The van der Waals surface area contributed by atoms with E-state index in [1.165, 1.54) is 22.9 Å². The molecule has 1 heterocycles. The van der Waals surface area contributed by atoms with Crippen molar-refractivity contribution in [3.05, 3.63) is 23.8 Å². The van der Waals surface area contributed by atoms with Crippen molar-refractivity contribution in [1.82, 2.24) is 15.0 Å². The van der Waals surface area contributed by atoms with Crippen LogP contribution in [0.15, 0.2) is 18.2 Å². The number of alkyl halides is 2. The Morgan fingerprint density at radius 2 is 2.26 bits per heavy atom. The molecule has 0 amide bonds. The van der Waals surface area contributed by atoms with Crippen LogP contribution in [0.1, 0.15) is 5.56 Å². The summed E-state index contributed by atoms with van der Waals surface area (Å²) >= 11 is 0. The lowest BCUT2D eigenvalue weighted by molar-refractivity contribution is -0.131. The summed E-state index contributed by atoms with van der Waals surface area (Å²) < 4.78 is 30.4. The van der Waals surface area contributed by atoms with E-state index in [1.807, 2.05) is 0 Å². The van der Waals surface area contributed by atoms with Crippen molar-refractivity contribution in [2.45, 2.75) is 6.61 Å². The lowest BCUT2D eigenvalue weighted by Gasteiger charge is -2.07. The first-order chi connectivity index (χ1) is 8.97. The highest BCUT2D eigenvalue weighted by atomic mass is 19.3. The van der Waals surface area contributed by atoms with Gasteiger partial charge in [-0.15, -0.1) is 5.10 Å². The zero-order valence-electron chi connectivity index (χ0n) is 9.75. The topological polar surface area (TPSA) is 77.2 Å². The SMILES string of the molecule is Cn1nnc2cc(/C=C/C(=O)O)cc(OC(F)F)c21. The Labute approximate surface area is 105 Å². The van der Waals surface area contributed by atoms with E-state index >= 15 is 0 Å². The molecule has 100 valence electrons. The zero-order chi connectivity index (χ0) is 14.0. The molecule has 0 aliphatic heterocycles. The number of aromatic nitrogens is 3. The predicted octanol–water partition coefficient (Wildman–Crippen LogP) is 1.67. The first-order valence-corrected chi connectivity index (χ1v) is 5.16. The summed E-state index contributed by atoms with van der Waals surface area (Å²) in [5, 5.41) is 16.0. The Bertz CT molecular complexity index is 652. The van der Waals surface area contributed by atoms with Crippen molar-refractivity contribution >= 4 is 23.1 Å². The van der Waals surface area contributed by atoms with Gasteiger partial charge in [0, 0.05) is 13.1 Å². The smallest absolute Gasteiger partial charge is 0.387 e. The van der Waals surface area contributed by atoms with Crippen molar-refractivity contribution in [3.63, 3.8) is 0 Å². The summed E-state index contributed by atoms with van der Waals surface area (Å²) in [6, 6.07) is 2.83. The quantitative estimate of drug-likeness (QED) is 0.854. The fraction of sp³-hybridized carbons (Fsp3) is 0.182. The highest BCUT2D eigenvalue weighted by Crippen LogP contribution is 2.27. The van der Waals surface area contributed by atoms with Crippen molar-refractivity contribution in [2.75, 3.05) is 0 Å². The van der Waals surface area contributed by atoms with Gasteiger partial charge in [0.25, 0.3) is 0 Å². The first kappa shape index (κ1) is 12.9. The van der Waals surface area contributed by atoms with E-state index in [2.05, 4.69) is 15.0 Å². The Morgan fingerprint density at radius 1 is 1.53 bits per heavy atom. The summed E-state index contributed by atoms with van der Waals surface area (Å²) in [4.78, 5) is 10.4. The van der Waals surface area contributed by atoms with Crippen LogP contribution in [0.2, 0.25) is 0 Å². The molecule has 0 saturated heterocycles. The molecule has 2 rings (SSSR count). The molecule has 0 radical (unpaired) electrons. The van der Waals surface area contributed by atoms with Crippen molar-refractivity contribution in [1.29, 1.82) is 0 Å². The second kappa shape index (κ2) is 5.01. The number of benzene rings is 1. The lowest BCUT2D eigenvalue weighted by atomic mass is 10.1. The molecular weight excluding hydrogens is 260 g/mol. The largest absolute Gasteiger partial charge is 0.478 e. The Hall–Kier alpha value is -2.51. The maximum Gasteiger partial charge on any atom is 0.387 e. The van der Waals surface area contributed by atoms with Gasteiger partial charge >= 0.3 is 12.6 Å². The van der Waals surface area contributed by atoms with E-state index in [1.54, 1.807) is 7.05 Å². The van der Waals surface area contributed by atoms with Gasteiger partial charge in [0.05, 0.1) is 0 Å². The Balaban J connectivity index is 2.54. The normalized spacial score (nSPS) is 11.6. The molecule has 1 N–H and O–H groups in total. The second-order valence-corrected chi connectivity index (χ2v) is 3.65. The van der Waals surface area contributed by atoms with E-state index < -0.39 is 12.6 Å². The van der Waals surface area contributed by atoms with Gasteiger partial charge in [-0.2, -0.15) is 8.78 Å². The number of aliphatic carboxylic acids is 1. The minimum atomic E-state index is -2.99. The number of aryl methyl sites for hydroxylation is 1. The molecule has 8 heteroatoms. The van der Waals surface area contributed by atoms with Crippen LogP contribution in [0, 0.1) is 0 Å². The maximum absolute atomic E-state index is 12.3. The average Bonchev–Trinajstić information content (AvgIpc) is 2.68. The number of nitrogens with zero attached hydrogens (tertiary/aromatic N) is 3. The summed E-state index contributed by atoms with van der Waals surface area (Å²) in [7, 11) is 1.54. The van der Waals surface area contributed by atoms with Crippen LogP contribution in [0.5, 0.6) is 5.75 Å². The molecule has 0 spiro atoms. The minimum absolute atomic E-state index is 0.106. The standard InChI is InChI=1S/C11H9F2N3O3/c1-16-10-7(14-15-16)4-6(2-3-9(17)18)5-8(10)19-11(12)13/h2-5,11H,1H3,(H,17,18)/b3-2+. The second-order valence-electron chi connectivity index (χ2n) is 3.65. The number of carboxylic acid groups (broad SMARTS) is 1. The van der Waals surface area contributed by atoms with Crippen LogP contribution in [-0.2, 0) is 11.8 Å². The molecule has 1 aromatic carbocycles. The van der Waals surface area contributed by atoms with E-state index in [0.29, 0.717) is 16.6 Å². The number of hydrogen-bond acceptors (Lipinski definition) is 4. The van der Waals surface area contributed by atoms with Gasteiger partial charge in [-0.1, -0.05) is 5.21 Å². The van der Waals surface area contributed by atoms with Crippen LogP contribution in [0.3, 0.4) is 0 Å². The Morgan fingerprint density at radius 3 is 2.89 bits per heavy atom. The van der Waals surface area contributed by atoms with Crippen molar-refractivity contribution in [3.8, 4) is 5.75 Å². The molecule has 0 saturated carbocycles. The molecule has 1 aromatic heterocycles. The fourth-order valence-corrected chi connectivity index (χ4v) is 1.62. The minimum Gasteiger partial charge on any atom is -0.478 e. The van der Waals surface area contributed by atoms with Crippen molar-refractivity contribution in [2.24, 2.45) is 7.05 Å². The fourth-order valence-electron chi connectivity index (χ4n) is 1.62. The molecule has 0 fully saturated rings. The first-order valence-electron chi connectivity index (χ1n) is 5.16. The average molecular weight is 269 g/mol. The number of ether oxygens (including phenoxy) is 1. The number of carbonyl (C=O) groups is 1. The highest BCUT2D eigenvalue weighted by molar-refractivity contribution is 5.88. The van der Waals surface area contributed by atoms with Crippen molar-refractivity contribution < 1.29 is 23.4 Å².